The zero-order valence-corrected chi connectivity index (χ0v) is 19.9. The van der Waals surface area contributed by atoms with E-state index in [9.17, 15) is 9.59 Å². The number of imidazole rings is 1. The van der Waals surface area contributed by atoms with Gasteiger partial charge in [-0.2, -0.15) is 5.10 Å². The van der Waals surface area contributed by atoms with E-state index in [0.29, 0.717) is 12.4 Å². The average molecular weight is 479 g/mol. The second-order valence-electron chi connectivity index (χ2n) is 8.52. The normalized spacial score (nSPS) is 10.9. The number of para-hydroxylation sites is 2. The van der Waals surface area contributed by atoms with Crippen LogP contribution in [0.25, 0.3) is 11.0 Å². The van der Waals surface area contributed by atoms with Gasteiger partial charge in [-0.25, -0.2) is 4.98 Å². The molecule has 3 aromatic carbocycles. The highest BCUT2D eigenvalue weighted by Gasteiger charge is 2.17. The van der Waals surface area contributed by atoms with Gasteiger partial charge in [-0.1, -0.05) is 72.8 Å². The molecule has 0 fully saturated rings. The SMILES string of the molecule is Cn1nc(C(=O)NCc2nc3ccccc3n2Cc2ccccc2)cc1NC(=O)Cc1ccccc1. The fourth-order valence-corrected chi connectivity index (χ4v) is 4.12. The molecule has 36 heavy (non-hydrogen) atoms. The van der Waals surface area contributed by atoms with Gasteiger partial charge in [0.15, 0.2) is 5.69 Å². The largest absolute Gasteiger partial charge is 0.343 e. The average Bonchev–Trinajstić information content (AvgIpc) is 3.43. The van der Waals surface area contributed by atoms with E-state index in [1.807, 2.05) is 72.8 Å². The molecule has 5 aromatic rings. The fraction of sp³-hybridized carbons (Fsp3) is 0.143. The van der Waals surface area contributed by atoms with Crippen molar-refractivity contribution in [3.05, 3.63) is 114 Å². The molecule has 180 valence electrons. The first kappa shape index (κ1) is 23.0. The molecule has 0 aliphatic rings. The van der Waals surface area contributed by atoms with Crippen LogP contribution >= 0.6 is 0 Å². The molecule has 2 amide bonds. The third-order valence-corrected chi connectivity index (χ3v) is 5.91. The maximum atomic E-state index is 12.9. The summed E-state index contributed by atoms with van der Waals surface area (Å²) in [7, 11) is 1.69. The van der Waals surface area contributed by atoms with Crippen LogP contribution in [-0.2, 0) is 31.4 Å². The molecule has 2 aromatic heterocycles. The molecule has 0 saturated heterocycles. The molecule has 2 heterocycles. The van der Waals surface area contributed by atoms with E-state index in [1.54, 1.807) is 13.1 Å². The van der Waals surface area contributed by atoms with Crippen LogP contribution in [0, 0.1) is 0 Å². The molecule has 0 saturated carbocycles. The Bertz CT molecular complexity index is 1510. The fourth-order valence-electron chi connectivity index (χ4n) is 4.12. The molecule has 0 aliphatic carbocycles. The lowest BCUT2D eigenvalue weighted by molar-refractivity contribution is -0.115. The van der Waals surface area contributed by atoms with Gasteiger partial charge in [-0.3, -0.25) is 14.3 Å². The van der Waals surface area contributed by atoms with Crippen molar-refractivity contribution in [3.8, 4) is 0 Å². The lowest BCUT2D eigenvalue weighted by Gasteiger charge is -2.10. The van der Waals surface area contributed by atoms with Gasteiger partial charge in [0.1, 0.15) is 11.6 Å². The zero-order valence-electron chi connectivity index (χ0n) is 19.9. The van der Waals surface area contributed by atoms with E-state index in [1.165, 1.54) is 4.68 Å². The standard InChI is InChI=1S/C28H26N6O2/c1-33-25(31-27(35)16-20-10-4-2-5-11-20)17-23(32-33)28(36)29-18-26-30-22-14-8-9-15-24(22)34(26)19-21-12-6-3-7-13-21/h2-15,17H,16,18-19H2,1H3,(H,29,36)(H,31,35). The van der Waals surface area contributed by atoms with E-state index in [-0.39, 0.29) is 30.5 Å². The van der Waals surface area contributed by atoms with Crippen molar-refractivity contribution in [1.29, 1.82) is 0 Å². The van der Waals surface area contributed by atoms with Crippen molar-refractivity contribution in [1.82, 2.24) is 24.6 Å². The number of hydrogen-bond donors (Lipinski definition) is 2. The Morgan fingerprint density at radius 1 is 0.861 bits per heavy atom. The van der Waals surface area contributed by atoms with Gasteiger partial charge in [-0.05, 0) is 23.3 Å². The van der Waals surface area contributed by atoms with Gasteiger partial charge < -0.3 is 15.2 Å². The first-order valence-electron chi connectivity index (χ1n) is 11.7. The van der Waals surface area contributed by atoms with Crippen molar-refractivity contribution < 1.29 is 9.59 Å². The predicted molar refractivity (Wildman–Crippen MR) is 138 cm³/mol. The monoisotopic (exact) mass is 478 g/mol. The number of anilines is 1. The minimum Gasteiger partial charge on any atom is -0.343 e. The lowest BCUT2D eigenvalue weighted by atomic mass is 10.1. The molecule has 0 radical (unpaired) electrons. The van der Waals surface area contributed by atoms with Crippen molar-refractivity contribution in [2.24, 2.45) is 7.05 Å². The summed E-state index contributed by atoms with van der Waals surface area (Å²) in [4.78, 5) is 30.1. The van der Waals surface area contributed by atoms with Crippen LogP contribution in [0.2, 0.25) is 0 Å². The van der Waals surface area contributed by atoms with E-state index in [2.05, 4.69) is 32.4 Å². The summed E-state index contributed by atoms with van der Waals surface area (Å²) in [5.41, 5.74) is 4.16. The maximum Gasteiger partial charge on any atom is 0.272 e. The molecule has 0 spiro atoms. The third-order valence-electron chi connectivity index (χ3n) is 5.91. The summed E-state index contributed by atoms with van der Waals surface area (Å²) in [6.45, 7) is 0.889. The molecule has 5 rings (SSSR count). The topological polar surface area (TPSA) is 93.8 Å². The van der Waals surface area contributed by atoms with Crippen LogP contribution in [0.4, 0.5) is 5.82 Å². The molecule has 0 aliphatic heterocycles. The molecule has 0 atom stereocenters. The van der Waals surface area contributed by atoms with E-state index >= 15 is 0 Å². The Labute approximate surface area is 208 Å². The Kier molecular flexibility index (Phi) is 6.57. The van der Waals surface area contributed by atoms with E-state index < -0.39 is 0 Å². The summed E-state index contributed by atoms with van der Waals surface area (Å²) < 4.78 is 3.60. The Balaban J connectivity index is 1.28. The van der Waals surface area contributed by atoms with Crippen molar-refractivity contribution in [2.75, 3.05) is 5.32 Å². The van der Waals surface area contributed by atoms with Crippen LogP contribution in [0.1, 0.15) is 27.4 Å². The number of hydrogen-bond acceptors (Lipinski definition) is 4. The number of fused-ring (bicyclic) bond motifs is 1. The number of amides is 2. The van der Waals surface area contributed by atoms with Gasteiger partial charge >= 0.3 is 0 Å². The highest BCUT2D eigenvalue weighted by Crippen LogP contribution is 2.18. The molecule has 8 nitrogen and oxygen atoms in total. The van der Waals surface area contributed by atoms with Gasteiger partial charge in [0.2, 0.25) is 5.91 Å². The molecule has 0 bridgehead atoms. The summed E-state index contributed by atoms with van der Waals surface area (Å²) in [5.74, 6) is 0.691. The number of nitrogens with one attached hydrogen (secondary N) is 2. The zero-order chi connectivity index (χ0) is 24.9. The quantitative estimate of drug-likeness (QED) is 0.353. The highest BCUT2D eigenvalue weighted by molar-refractivity contribution is 5.96. The van der Waals surface area contributed by atoms with Crippen LogP contribution in [-0.4, -0.2) is 31.1 Å². The summed E-state index contributed by atoms with van der Waals surface area (Å²) in [6, 6.07) is 29.1. The van der Waals surface area contributed by atoms with Crippen molar-refractivity contribution in [2.45, 2.75) is 19.5 Å². The predicted octanol–water partition coefficient (Wildman–Crippen LogP) is 3.93. The Hall–Kier alpha value is -4.72. The van der Waals surface area contributed by atoms with Gasteiger partial charge in [0.05, 0.1) is 24.0 Å². The van der Waals surface area contributed by atoms with Crippen LogP contribution in [0.5, 0.6) is 0 Å². The molecular formula is C28H26N6O2. The van der Waals surface area contributed by atoms with Crippen LogP contribution in [0.3, 0.4) is 0 Å². The minimum absolute atomic E-state index is 0.175. The first-order chi connectivity index (χ1) is 17.6. The number of carbonyl (C=O) groups is 2. The number of carbonyl (C=O) groups excluding carboxylic acids is 2. The summed E-state index contributed by atoms with van der Waals surface area (Å²) >= 11 is 0. The van der Waals surface area contributed by atoms with E-state index in [0.717, 1.165) is 28.0 Å². The number of rotatable bonds is 8. The second kappa shape index (κ2) is 10.3. The molecule has 2 N–H and O–H groups in total. The maximum absolute atomic E-state index is 12.9. The highest BCUT2D eigenvalue weighted by atomic mass is 16.2. The lowest BCUT2D eigenvalue weighted by Crippen LogP contribution is -2.25. The molecule has 8 heteroatoms. The molecule has 0 unspecified atom stereocenters. The summed E-state index contributed by atoms with van der Waals surface area (Å²) in [5, 5.41) is 10.0. The number of aromatic nitrogens is 4. The van der Waals surface area contributed by atoms with Gasteiger partial charge in [0, 0.05) is 19.7 Å². The van der Waals surface area contributed by atoms with Crippen LogP contribution < -0.4 is 10.6 Å². The third kappa shape index (κ3) is 5.17. The number of nitrogens with zero attached hydrogens (tertiary/aromatic N) is 4. The van der Waals surface area contributed by atoms with Crippen molar-refractivity contribution >= 4 is 28.7 Å². The van der Waals surface area contributed by atoms with E-state index in [4.69, 9.17) is 4.98 Å². The minimum atomic E-state index is -0.340. The van der Waals surface area contributed by atoms with Crippen molar-refractivity contribution in [3.63, 3.8) is 0 Å². The number of benzene rings is 3. The van der Waals surface area contributed by atoms with Gasteiger partial charge in [0.25, 0.3) is 5.91 Å². The second-order valence-corrected chi connectivity index (χ2v) is 8.52. The molecular weight excluding hydrogens is 452 g/mol. The van der Waals surface area contributed by atoms with Crippen LogP contribution in [0.15, 0.2) is 91.0 Å². The Morgan fingerprint density at radius 2 is 1.53 bits per heavy atom. The first-order valence-corrected chi connectivity index (χ1v) is 11.7. The smallest absolute Gasteiger partial charge is 0.272 e. The number of aryl methyl sites for hydroxylation is 1. The Morgan fingerprint density at radius 3 is 2.28 bits per heavy atom. The van der Waals surface area contributed by atoms with Gasteiger partial charge in [-0.15, -0.1) is 0 Å². The summed E-state index contributed by atoms with van der Waals surface area (Å²) in [6.07, 6.45) is 0.241.